The summed E-state index contributed by atoms with van der Waals surface area (Å²) < 4.78 is 0. The molecule has 0 aromatic rings. The molecule has 3 unspecified atom stereocenters. The van der Waals surface area contributed by atoms with Crippen LogP contribution in [0.15, 0.2) is 11.6 Å². The molecule has 0 amide bonds. The van der Waals surface area contributed by atoms with Crippen molar-refractivity contribution in [3.05, 3.63) is 11.6 Å². The van der Waals surface area contributed by atoms with Gasteiger partial charge in [0.1, 0.15) is 11.6 Å². The lowest BCUT2D eigenvalue weighted by Gasteiger charge is -2.42. The maximum atomic E-state index is 12.0. The third kappa shape index (κ3) is 1.68. The van der Waals surface area contributed by atoms with Crippen molar-refractivity contribution in [1.82, 2.24) is 0 Å². The quantitative estimate of drug-likeness (QED) is 0.640. The molecule has 0 aromatic carbocycles. The summed E-state index contributed by atoms with van der Waals surface area (Å²) in [4.78, 5) is 35.3. The molecule has 0 N–H and O–H groups in total. The molecule has 90 valence electrons. The van der Waals surface area contributed by atoms with E-state index in [0.717, 1.165) is 24.8 Å². The fourth-order valence-electron chi connectivity index (χ4n) is 3.73. The lowest BCUT2D eigenvalue weighted by molar-refractivity contribution is -0.141. The van der Waals surface area contributed by atoms with Crippen LogP contribution < -0.4 is 0 Å². The SMILES string of the molecule is O=C1C=C2CCC3C(=O)CCC(=O)C3C2CC1. The highest BCUT2D eigenvalue weighted by Gasteiger charge is 2.46. The molecule has 0 bridgehead atoms. The van der Waals surface area contributed by atoms with Crippen LogP contribution in [0, 0.1) is 17.8 Å². The highest BCUT2D eigenvalue weighted by atomic mass is 16.1. The van der Waals surface area contributed by atoms with Gasteiger partial charge in [0.05, 0.1) is 0 Å². The Morgan fingerprint density at radius 1 is 0.824 bits per heavy atom. The first-order valence-electron chi connectivity index (χ1n) is 6.45. The Morgan fingerprint density at radius 3 is 2.35 bits per heavy atom. The average Bonchev–Trinajstić information content (AvgIpc) is 2.32. The van der Waals surface area contributed by atoms with Crippen molar-refractivity contribution in [3.63, 3.8) is 0 Å². The summed E-state index contributed by atoms with van der Waals surface area (Å²) in [6.07, 6.45) is 5.49. The topological polar surface area (TPSA) is 51.2 Å². The molecule has 3 aliphatic rings. The Bertz CT molecular complexity index is 433. The van der Waals surface area contributed by atoms with Gasteiger partial charge in [0, 0.05) is 31.1 Å². The minimum atomic E-state index is -0.107. The van der Waals surface area contributed by atoms with Crippen molar-refractivity contribution < 1.29 is 14.4 Å². The van der Waals surface area contributed by atoms with Gasteiger partial charge >= 0.3 is 0 Å². The fraction of sp³-hybridized carbons (Fsp3) is 0.643. The molecule has 17 heavy (non-hydrogen) atoms. The van der Waals surface area contributed by atoms with E-state index in [1.807, 2.05) is 0 Å². The van der Waals surface area contributed by atoms with E-state index in [0.29, 0.717) is 19.3 Å². The molecule has 0 aliphatic heterocycles. The van der Waals surface area contributed by atoms with Gasteiger partial charge in [-0.1, -0.05) is 5.57 Å². The molecule has 0 aromatic heterocycles. The van der Waals surface area contributed by atoms with E-state index in [9.17, 15) is 14.4 Å². The van der Waals surface area contributed by atoms with Crippen LogP contribution in [0.3, 0.4) is 0 Å². The third-order valence-electron chi connectivity index (χ3n) is 4.54. The Labute approximate surface area is 100 Å². The molecular weight excluding hydrogens is 216 g/mol. The van der Waals surface area contributed by atoms with E-state index in [2.05, 4.69) is 0 Å². The minimum absolute atomic E-state index is 0.0494. The van der Waals surface area contributed by atoms with E-state index in [4.69, 9.17) is 0 Å². The molecule has 3 nitrogen and oxygen atoms in total. The molecule has 0 heterocycles. The smallest absolute Gasteiger partial charge is 0.155 e. The number of allylic oxidation sites excluding steroid dienone is 2. The molecule has 3 atom stereocenters. The predicted molar refractivity (Wildman–Crippen MR) is 61.3 cm³/mol. The van der Waals surface area contributed by atoms with Crippen molar-refractivity contribution in [3.8, 4) is 0 Å². The van der Waals surface area contributed by atoms with Gasteiger partial charge < -0.3 is 0 Å². The number of rotatable bonds is 0. The average molecular weight is 232 g/mol. The van der Waals surface area contributed by atoms with Gasteiger partial charge in [-0.2, -0.15) is 0 Å². The lowest BCUT2D eigenvalue weighted by Crippen LogP contribution is -2.44. The number of carbonyl (C=O) groups excluding carboxylic acids is 3. The zero-order chi connectivity index (χ0) is 12.0. The Morgan fingerprint density at radius 2 is 1.53 bits per heavy atom. The summed E-state index contributed by atoms with van der Waals surface area (Å²) in [5.74, 6) is 0.730. The van der Waals surface area contributed by atoms with E-state index >= 15 is 0 Å². The first-order chi connectivity index (χ1) is 8.16. The minimum Gasteiger partial charge on any atom is -0.299 e. The summed E-state index contributed by atoms with van der Waals surface area (Å²) in [5, 5.41) is 0. The number of ketones is 3. The monoisotopic (exact) mass is 232 g/mol. The molecule has 3 heteroatoms. The van der Waals surface area contributed by atoms with Gasteiger partial charge in [0.15, 0.2) is 5.78 Å². The number of hydrogen-bond donors (Lipinski definition) is 0. The predicted octanol–water partition coefficient (Wildman–Crippen LogP) is 1.85. The second kappa shape index (κ2) is 3.90. The second-order valence-corrected chi connectivity index (χ2v) is 5.43. The summed E-state index contributed by atoms with van der Waals surface area (Å²) in [6.45, 7) is 0. The highest BCUT2D eigenvalue weighted by Crippen LogP contribution is 2.46. The van der Waals surface area contributed by atoms with Gasteiger partial charge in [-0.3, -0.25) is 14.4 Å². The van der Waals surface area contributed by atoms with Gasteiger partial charge in [0.2, 0.25) is 0 Å². The number of hydrogen-bond acceptors (Lipinski definition) is 3. The van der Waals surface area contributed by atoms with E-state index in [1.54, 1.807) is 6.08 Å². The standard InChI is InChI=1S/C14H16O3/c15-9-2-4-10-8(7-9)1-3-11-12(16)5-6-13(17)14(10)11/h7,10-11,14H,1-6H2. The molecule has 3 rings (SSSR count). The van der Waals surface area contributed by atoms with Crippen LogP contribution in [0.2, 0.25) is 0 Å². The molecule has 0 spiro atoms. The zero-order valence-corrected chi connectivity index (χ0v) is 9.78. The van der Waals surface area contributed by atoms with Crippen molar-refractivity contribution in [2.24, 2.45) is 17.8 Å². The molecule has 2 fully saturated rings. The van der Waals surface area contributed by atoms with Crippen LogP contribution in [0.25, 0.3) is 0 Å². The molecule has 3 aliphatic carbocycles. The Hall–Kier alpha value is -1.25. The van der Waals surface area contributed by atoms with Crippen LogP contribution >= 0.6 is 0 Å². The van der Waals surface area contributed by atoms with Crippen molar-refractivity contribution in [2.45, 2.75) is 38.5 Å². The number of fused-ring (bicyclic) bond motifs is 3. The lowest BCUT2D eigenvalue weighted by atomic mass is 9.60. The molecular formula is C14H16O3. The maximum Gasteiger partial charge on any atom is 0.155 e. The normalized spacial score (nSPS) is 37.3. The molecule has 0 saturated heterocycles. The van der Waals surface area contributed by atoms with Crippen LogP contribution in [0.1, 0.15) is 38.5 Å². The Kier molecular flexibility index (Phi) is 2.49. The third-order valence-corrected chi connectivity index (χ3v) is 4.54. The number of Topliss-reactive ketones (excluding diaryl/α,β-unsaturated/α-hetero) is 2. The van der Waals surface area contributed by atoms with Crippen LogP contribution in [0.4, 0.5) is 0 Å². The van der Waals surface area contributed by atoms with E-state index in [-0.39, 0.29) is 35.1 Å². The van der Waals surface area contributed by atoms with Crippen molar-refractivity contribution in [2.75, 3.05) is 0 Å². The van der Waals surface area contributed by atoms with Crippen molar-refractivity contribution >= 4 is 17.3 Å². The highest BCUT2D eigenvalue weighted by molar-refractivity contribution is 5.98. The van der Waals surface area contributed by atoms with Crippen molar-refractivity contribution in [1.29, 1.82) is 0 Å². The van der Waals surface area contributed by atoms with E-state index < -0.39 is 0 Å². The van der Waals surface area contributed by atoms with E-state index in [1.165, 1.54) is 0 Å². The van der Waals surface area contributed by atoms with Crippen LogP contribution in [-0.2, 0) is 14.4 Å². The Balaban J connectivity index is 1.95. The largest absolute Gasteiger partial charge is 0.299 e. The first kappa shape index (κ1) is 10.9. The summed E-state index contributed by atoms with van der Waals surface area (Å²) in [5.41, 5.74) is 1.13. The van der Waals surface area contributed by atoms with Gasteiger partial charge in [0.25, 0.3) is 0 Å². The van der Waals surface area contributed by atoms with Gasteiger partial charge in [-0.05, 0) is 31.3 Å². The maximum absolute atomic E-state index is 12.0. The van der Waals surface area contributed by atoms with Gasteiger partial charge in [-0.15, -0.1) is 0 Å². The first-order valence-corrected chi connectivity index (χ1v) is 6.45. The molecule has 0 radical (unpaired) electrons. The summed E-state index contributed by atoms with van der Waals surface area (Å²) in [6, 6.07) is 0. The fourth-order valence-corrected chi connectivity index (χ4v) is 3.73. The molecule has 2 saturated carbocycles. The second-order valence-electron chi connectivity index (χ2n) is 5.43. The summed E-state index contributed by atoms with van der Waals surface area (Å²) >= 11 is 0. The summed E-state index contributed by atoms with van der Waals surface area (Å²) in [7, 11) is 0. The van der Waals surface area contributed by atoms with Crippen LogP contribution in [0.5, 0.6) is 0 Å². The van der Waals surface area contributed by atoms with Gasteiger partial charge in [-0.25, -0.2) is 0 Å². The van der Waals surface area contributed by atoms with Crippen LogP contribution in [-0.4, -0.2) is 17.3 Å². The zero-order valence-electron chi connectivity index (χ0n) is 9.78. The number of carbonyl (C=O) groups is 3.